The van der Waals surface area contributed by atoms with Crippen molar-refractivity contribution in [3.8, 4) is 0 Å². The van der Waals surface area contributed by atoms with Gasteiger partial charge in [-0.15, -0.1) is 0 Å². The largest absolute Gasteiger partial charge is 0.416 e. The number of aliphatic hydroxyl groups is 1. The minimum atomic E-state index is -4.30. The third kappa shape index (κ3) is 6.04. The maximum absolute atomic E-state index is 12.3. The number of halogens is 3. The molecule has 1 rings (SSSR count). The molecule has 19 heavy (non-hydrogen) atoms. The first-order valence-electron chi connectivity index (χ1n) is 5.98. The number of hydrogen-bond acceptors (Lipinski definition) is 3. The Morgan fingerprint density at radius 1 is 1.21 bits per heavy atom. The third-order valence-electron chi connectivity index (χ3n) is 2.57. The van der Waals surface area contributed by atoms with Gasteiger partial charge in [0, 0.05) is 19.6 Å². The Balaban J connectivity index is 2.38. The van der Waals surface area contributed by atoms with E-state index in [1.54, 1.807) is 0 Å². The monoisotopic (exact) mass is 276 g/mol. The predicted molar refractivity (Wildman–Crippen MR) is 67.7 cm³/mol. The Labute approximate surface area is 111 Å². The SMILES string of the molecule is CN(C)CC(O)CNCc1ccc(C(F)(F)F)cc1. The first-order chi connectivity index (χ1) is 8.79. The quantitative estimate of drug-likeness (QED) is 0.830. The average molecular weight is 276 g/mol. The first-order valence-corrected chi connectivity index (χ1v) is 5.98. The molecule has 3 nitrogen and oxygen atoms in total. The zero-order valence-corrected chi connectivity index (χ0v) is 11.0. The van der Waals surface area contributed by atoms with Crippen LogP contribution in [0, 0.1) is 0 Å². The van der Waals surface area contributed by atoms with Gasteiger partial charge in [0.15, 0.2) is 0 Å². The number of nitrogens with one attached hydrogen (secondary N) is 1. The van der Waals surface area contributed by atoms with Gasteiger partial charge >= 0.3 is 6.18 Å². The lowest BCUT2D eigenvalue weighted by atomic mass is 10.1. The summed E-state index contributed by atoms with van der Waals surface area (Å²) in [5, 5.41) is 12.6. The molecule has 0 amide bonds. The van der Waals surface area contributed by atoms with Crippen LogP contribution in [0.4, 0.5) is 13.2 Å². The standard InChI is InChI=1S/C13H19F3N2O/c1-18(2)9-12(19)8-17-7-10-3-5-11(6-4-10)13(14,15)16/h3-6,12,17,19H,7-9H2,1-2H3. The molecule has 6 heteroatoms. The smallest absolute Gasteiger partial charge is 0.390 e. The fourth-order valence-corrected chi connectivity index (χ4v) is 1.68. The highest BCUT2D eigenvalue weighted by Gasteiger charge is 2.29. The van der Waals surface area contributed by atoms with E-state index in [0.717, 1.165) is 17.7 Å². The summed E-state index contributed by atoms with van der Waals surface area (Å²) < 4.78 is 37.0. The van der Waals surface area contributed by atoms with Crippen molar-refractivity contribution in [1.82, 2.24) is 10.2 Å². The average Bonchev–Trinajstić information content (AvgIpc) is 2.27. The molecule has 108 valence electrons. The van der Waals surface area contributed by atoms with Crippen LogP contribution in [-0.4, -0.2) is 43.3 Å². The topological polar surface area (TPSA) is 35.5 Å². The number of aliphatic hydroxyl groups excluding tert-OH is 1. The van der Waals surface area contributed by atoms with Gasteiger partial charge in [-0.25, -0.2) is 0 Å². The minimum Gasteiger partial charge on any atom is -0.390 e. The number of nitrogens with zero attached hydrogens (tertiary/aromatic N) is 1. The molecule has 0 bridgehead atoms. The van der Waals surface area contributed by atoms with Gasteiger partial charge in [-0.2, -0.15) is 13.2 Å². The van der Waals surface area contributed by atoms with E-state index in [9.17, 15) is 18.3 Å². The highest BCUT2D eigenvalue weighted by atomic mass is 19.4. The molecule has 0 aromatic heterocycles. The van der Waals surface area contributed by atoms with Gasteiger partial charge in [-0.3, -0.25) is 0 Å². The van der Waals surface area contributed by atoms with E-state index >= 15 is 0 Å². The Hall–Kier alpha value is -1.11. The number of hydrogen-bond donors (Lipinski definition) is 2. The molecule has 1 atom stereocenters. The van der Waals surface area contributed by atoms with Gasteiger partial charge in [0.25, 0.3) is 0 Å². The lowest BCUT2D eigenvalue weighted by Gasteiger charge is -2.16. The third-order valence-corrected chi connectivity index (χ3v) is 2.57. The summed E-state index contributed by atoms with van der Waals surface area (Å²) in [6, 6.07) is 5.00. The van der Waals surface area contributed by atoms with Crippen molar-refractivity contribution in [3.05, 3.63) is 35.4 Å². The second kappa shape index (κ2) is 6.88. The molecule has 0 spiro atoms. The molecule has 0 aliphatic rings. The van der Waals surface area contributed by atoms with Crippen molar-refractivity contribution >= 4 is 0 Å². The van der Waals surface area contributed by atoms with E-state index in [1.807, 2.05) is 19.0 Å². The van der Waals surface area contributed by atoms with Gasteiger partial charge in [0.1, 0.15) is 0 Å². The normalized spacial score (nSPS) is 13.8. The summed E-state index contributed by atoms with van der Waals surface area (Å²) in [6.07, 6.45) is -4.79. The van der Waals surface area contributed by atoms with Crippen LogP contribution in [0.5, 0.6) is 0 Å². The fraction of sp³-hybridized carbons (Fsp3) is 0.538. The van der Waals surface area contributed by atoms with Crippen LogP contribution in [-0.2, 0) is 12.7 Å². The Morgan fingerprint density at radius 2 is 1.79 bits per heavy atom. The molecule has 0 aliphatic heterocycles. The summed E-state index contributed by atoms with van der Waals surface area (Å²) in [5.74, 6) is 0. The van der Waals surface area contributed by atoms with Crippen molar-refractivity contribution in [2.24, 2.45) is 0 Å². The zero-order valence-electron chi connectivity index (χ0n) is 11.0. The summed E-state index contributed by atoms with van der Waals surface area (Å²) in [6.45, 7) is 1.38. The molecule has 1 unspecified atom stereocenters. The first kappa shape index (κ1) is 15.9. The molecular weight excluding hydrogens is 257 g/mol. The molecule has 0 saturated heterocycles. The van der Waals surface area contributed by atoms with E-state index in [2.05, 4.69) is 5.32 Å². The molecule has 1 aromatic rings. The van der Waals surface area contributed by atoms with Crippen molar-refractivity contribution in [2.45, 2.75) is 18.8 Å². The van der Waals surface area contributed by atoms with E-state index in [-0.39, 0.29) is 0 Å². The van der Waals surface area contributed by atoms with Crippen LogP contribution < -0.4 is 5.32 Å². The molecule has 0 aliphatic carbocycles. The Bertz CT molecular complexity index is 376. The molecule has 2 N–H and O–H groups in total. The molecule has 0 saturated carbocycles. The minimum absolute atomic E-state index is 0.402. The van der Waals surface area contributed by atoms with Gasteiger partial charge in [0.05, 0.1) is 11.7 Å². The van der Waals surface area contributed by atoms with Crippen molar-refractivity contribution in [1.29, 1.82) is 0 Å². The van der Waals surface area contributed by atoms with Gasteiger partial charge in [0.2, 0.25) is 0 Å². The lowest BCUT2D eigenvalue weighted by molar-refractivity contribution is -0.137. The second-order valence-corrected chi connectivity index (χ2v) is 4.74. The number of likely N-dealkylation sites (N-methyl/N-ethyl adjacent to an activating group) is 1. The van der Waals surface area contributed by atoms with Crippen molar-refractivity contribution in [3.63, 3.8) is 0 Å². The number of benzene rings is 1. The highest BCUT2D eigenvalue weighted by molar-refractivity contribution is 5.24. The van der Waals surface area contributed by atoms with E-state index in [4.69, 9.17) is 0 Å². The molecule has 0 radical (unpaired) electrons. The van der Waals surface area contributed by atoms with Crippen LogP contribution >= 0.6 is 0 Å². The maximum atomic E-state index is 12.3. The molecular formula is C13H19F3N2O. The van der Waals surface area contributed by atoms with Crippen molar-refractivity contribution < 1.29 is 18.3 Å². The summed E-state index contributed by atoms with van der Waals surface area (Å²) in [4.78, 5) is 1.87. The second-order valence-electron chi connectivity index (χ2n) is 4.74. The molecule has 1 aromatic carbocycles. The predicted octanol–water partition coefficient (Wildman–Crippen LogP) is 1.72. The number of rotatable bonds is 6. The van der Waals surface area contributed by atoms with Crippen molar-refractivity contribution in [2.75, 3.05) is 27.2 Å². The molecule has 0 heterocycles. The maximum Gasteiger partial charge on any atom is 0.416 e. The molecule has 0 fully saturated rings. The summed E-state index contributed by atoms with van der Waals surface area (Å²) >= 11 is 0. The van der Waals surface area contributed by atoms with E-state index in [0.29, 0.717) is 19.6 Å². The highest BCUT2D eigenvalue weighted by Crippen LogP contribution is 2.28. The van der Waals surface area contributed by atoms with E-state index in [1.165, 1.54) is 12.1 Å². The van der Waals surface area contributed by atoms with Crippen LogP contribution in [0.25, 0.3) is 0 Å². The Kier molecular flexibility index (Phi) is 5.78. The fourth-order valence-electron chi connectivity index (χ4n) is 1.68. The zero-order chi connectivity index (χ0) is 14.5. The van der Waals surface area contributed by atoms with Crippen LogP contribution in [0.2, 0.25) is 0 Å². The number of alkyl halides is 3. The van der Waals surface area contributed by atoms with E-state index < -0.39 is 17.8 Å². The summed E-state index contributed by atoms with van der Waals surface area (Å²) in [7, 11) is 3.72. The van der Waals surface area contributed by atoms with Gasteiger partial charge < -0.3 is 15.3 Å². The van der Waals surface area contributed by atoms with Crippen LogP contribution in [0.15, 0.2) is 24.3 Å². The lowest BCUT2D eigenvalue weighted by Crippen LogP contribution is -2.34. The van der Waals surface area contributed by atoms with Crippen LogP contribution in [0.3, 0.4) is 0 Å². The van der Waals surface area contributed by atoms with Gasteiger partial charge in [-0.05, 0) is 31.8 Å². The van der Waals surface area contributed by atoms with Crippen LogP contribution in [0.1, 0.15) is 11.1 Å². The Morgan fingerprint density at radius 3 is 2.26 bits per heavy atom. The van der Waals surface area contributed by atoms with Gasteiger partial charge in [-0.1, -0.05) is 12.1 Å². The summed E-state index contributed by atoms with van der Waals surface area (Å²) in [5.41, 5.74) is 0.106.